The average Bonchev–Trinajstić information content (AvgIpc) is 2.63. The monoisotopic (exact) mass is 393 g/mol. The smallest absolute Gasteiger partial charge is 0.297 e. The maximum atomic E-state index is 13.4. The van der Waals surface area contributed by atoms with Crippen LogP contribution in [0.1, 0.15) is 31.2 Å². The maximum Gasteiger partial charge on any atom is 0.407 e. The molecule has 2 aromatic rings. The molecule has 1 heterocycles. The minimum absolute atomic E-state index is 0.00583. The Balaban J connectivity index is 2.27. The average molecular weight is 394 g/mol. The Morgan fingerprint density at radius 3 is 2.59 bits per heavy atom. The number of benzene rings is 1. The highest BCUT2D eigenvalue weighted by Crippen LogP contribution is 2.37. The van der Waals surface area contributed by atoms with Gasteiger partial charge in [0.25, 0.3) is 11.2 Å². The third-order valence-corrected chi connectivity index (χ3v) is 4.50. The molecule has 4 nitrogen and oxygen atoms in total. The zero-order valence-corrected chi connectivity index (χ0v) is 14.9. The lowest BCUT2D eigenvalue weighted by atomic mass is 10.1. The Kier molecular flexibility index (Phi) is 5.29. The molecular weight excluding hydrogens is 379 g/mol. The normalized spacial score (nSPS) is 14.4. The predicted octanol–water partition coefficient (Wildman–Crippen LogP) is 5.74. The van der Waals surface area contributed by atoms with Crippen LogP contribution in [0.2, 0.25) is 5.02 Å². The van der Waals surface area contributed by atoms with E-state index in [0.717, 1.165) is 35.7 Å². The second-order valence-corrected chi connectivity index (χ2v) is 6.58. The molecule has 0 unspecified atom stereocenters. The number of allylic oxidation sites excluding steroid dienone is 2. The second kappa shape index (κ2) is 7.49. The number of aromatic nitrogens is 1. The van der Waals surface area contributed by atoms with Crippen LogP contribution in [-0.2, 0) is 6.18 Å². The quantitative estimate of drug-likeness (QED) is 0.675. The van der Waals surface area contributed by atoms with E-state index in [1.807, 2.05) is 6.08 Å². The first kappa shape index (κ1) is 19.1. The van der Waals surface area contributed by atoms with Gasteiger partial charge in [0.15, 0.2) is 0 Å². The number of pyridine rings is 1. The molecule has 1 aromatic carbocycles. The summed E-state index contributed by atoms with van der Waals surface area (Å²) in [7, 11) is 0. The molecule has 1 aromatic heterocycles. The van der Waals surface area contributed by atoms with Crippen molar-refractivity contribution in [1.29, 1.82) is 0 Å². The lowest BCUT2D eigenvalue weighted by Gasteiger charge is -2.22. The van der Waals surface area contributed by atoms with Gasteiger partial charge in [-0.1, -0.05) is 29.8 Å². The third kappa shape index (κ3) is 4.01. The maximum absolute atomic E-state index is 13.4. The van der Waals surface area contributed by atoms with E-state index in [2.05, 4.69) is 10.3 Å². The van der Waals surface area contributed by atoms with Crippen molar-refractivity contribution in [3.8, 4) is 11.3 Å². The number of hydrogen-bond donors (Lipinski definition) is 1. The van der Waals surface area contributed by atoms with Crippen molar-refractivity contribution in [2.45, 2.75) is 31.9 Å². The van der Waals surface area contributed by atoms with Crippen molar-refractivity contribution in [3.05, 3.63) is 74.5 Å². The molecule has 1 aliphatic rings. The standard InChI is InChI=1S/C19H15ClF3N3O/c1-24-17-15(19(21,22)23)11-16(12-6-5-7-13(20)10-12)26(18(17)27)25-14-8-3-2-4-9-14/h5-8,10-11,25H,2-4,9H2. The summed E-state index contributed by atoms with van der Waals surface area (Å²) in [6, 6.07) is 7.02. The van der Waals surface area contributed by atoms with Crippen molar-refractivity contribution in [3.63, 3.8) is 0 Å². The lowest BCUT2D eigenvalue weighted by molar-refractivity contribution is -0.136. The summed E-state index contributed by atoms with van der Waals surface area (Å²) in [5, 5.41) is 0.325. The predicted molar refractivity (Wildman–Crippen MR) is 98.3 cm³/mol. The van der Waals surface area contributed by atoms with Gasteiger partial charge in [0, 0.05) is 16.3 Å². The van der Waals surface area contributed by atoms with Crippen molar-refractivity contribution >= 4 is 17.3 Å². The first-order chi connectivity index (χ1) is 12.8. The van der Waals surface area contributed by atoms with Crippen LogP contribution >= 0.6 is 11.6 Å². The van der Waals surface area contributed by atoms with Gasteiger partial charge in [-0.3, -0.25) is 10.2 Å². The van der Waals surface area contributed by atoms with Gasteiger partial charge in [-0.25, -0.2) is 9.52 Å². The molecular formula is C19H15ClF3N3O. The molecule has 0 bridgehead atoms. The molecule has 1 N–H and O–H groups in total. The van der Waals surface area contributed by atoms with Crippen molar-refractivity contribution in [2.24, 2.45) is 0 Å². The Bertz CT molecular complexity index is 1000. The summed E-state index contributed by atoms with van der Waals surface area (Å²) < 4.78 is 41.3. The van der Waals surface area contributed by atoms with Gasteiger partial charge >= 0.3 is 6.18 Å². The Labute approximate surface area is 158 Å². The van der Waals surface area contributed by atoms with E-state index in [4.69, 9.17) is 18.2 Å². The zero-order valence-electron chi connectivity index (χ0n) is 14.1. The third-order valence-electron chi connectivity index (χ3n) is 4.27. The molecule has 0 aliphatic heterocycles. The molecule has 0 amide bonds. The first-order valence-corrected chi connectivity index (χ1v) is 8.66. The van der Waals surface area contributed by atoms with Gasteiger partial charge in [-0.2, -0.15) is 13.2 Å². The fourth-order valence-corrected chi connectivity index (χ4v) is 3.17. The second-order valence-electron chi connectivity index (χ2n) is 6.14. The molecule has 0 fully saturated rings. The molecule has 27 heavy (non-hydrogen) atoms. The summed E-state index contributed by atoms with van der Waals surface area (Å²) in [6.07, 6.45) is 0.510. The highest BCUT2D eigenvalue weighted by molar-refractivity contribution is 6.30. The van der Waals surface area contributed by atoms with E-state index in [-0.39, 0.29) is 5.69 Å². The van der Waals surface area contributed by atoms with Gasteiger partial charge < -0.3 is 0 Å². The Morgan fingerprint density at radius 2 is 2.00 bits per heavy atom. The molecule has 0 atom stereocenters. The van der Waals surface area contributed by atoms with Crippen LogP contribution in [0, 0.1) is 6.57 Å². The van der Waals surface area contributed by atoms with E-state index in [0.29, 0.717) is 17.0 Å². The van der Waals surface area contributed by atoms with Crippen LogP contribution < -0.4 is 11.0 Å². The van der Waals surface area contributed by atoms with E-state index in [1.165, 1.54) is 6.07 Å². The van der Waals surface area contributed by atoms with E-state index >= 15 is 0 Å². The minimum Gasteiger partial charge on any atom is -0.297 e. The zero-order chi connectivity index (χ0) is 19.6. The summed E-state index contributed by atoms with van der Waals surface area (Å²) in [4.78, 5) is 15.6. The SMILES string of the molecule is [C-]#[N+]c1c(C(F)(F)F)cc(-c2cccc(Cl)c2)n(NC2=CCCCC2)c1=O. The summed E-state index contributed by atoms with van der Waals surface area (Å²) in [5.41, 5.74) is 0.714. The van der Waals surface area contributed by atoms with Gasteiger partial charge in [0.05, 0.1) is 17.8 Å². The highest BCUT2D eigenvalue weighted by Gasteiger charge is 2.36. The van der Waals surface area contributed by atoms with Gasteiger partial charge in [-0.15, -0.1) is 0 Å². The number of nitrogens with one attached hydrogen (secondary N) is 1. The number of nitrogens with zero attached hydrogens (tertiary/aromatic N) is 2. The van der Waals surface area contributed by atoms with Crippen LogP contribution in [0.15, 0.2) is 46.9 Å². The number of rotatable bonds is 3. The van der Waals surface area contributed by atoms with Crippen molar-refractivity contribution < 1.29 is 13.2 Å². The fraction of sp³-hybridized carbons (Fsp3) is 0.263. The molecule has 0 radical (unpaired) electrons. The van der Waals surface area contributed by atoms with Crippen LogP contribution in [0.25, 0.3) is 16.1 Å². The lowest BCUT2D eigenvalue weighted by Crippen LogP contribution is -2.32. The first-order valence-electron chi connectivity index (χ1n) is 8.28. The fourth-order valence-electron chi connectivity index (χ4n) is 2.98. The number of halogens is 4. The Hall–Kier alpha value is -2.72. The van der Waals surface area contributed by atoms with Crippen LogP contribution in [0.4, 0.5) is 18.9 Å². The van der Waals surface area contributed by atoms with Gasteiger partial charge in [0.2, 0.25) is 0 Å². The summed E-state index contributed by atoms with van der Waals surface area (Å²) in [6.45, 7) is 7.08. The number of alkyl halides is 3. The topological polar surface area (TPSA) is 38.4 Å². The summed E-state index contributed by atoms with van der Waals surface area (Å²) in [5.74, 6) is 0. The van der Waals surface area contributed by atoms with Crippen molar-refractivity contribution in [1.82, 2.24) is 4.68 Å². The van der Waals surface area contributed by atoms with Crippen LogP contribution in [0.5, 0.6) is 0 Å². The molecule has 0 saturated carbocycles. The van der Waals surface area contributed by atoms with Crippen LogP contribution in [-0.4, -0.2) is 4.68 Å². The van der Waals surface area contributed by atoms with Gasteiger partial charge in [0.1, 0.15) is 0 Å². The van der Waals surface area contributed by atoms with E-state index < -0.39 is 23.0 Å². The Morgan fingerprint density at radius 1 is 1.22 bits per heavy atom. The van der Waals surface area contributed by atoms with Crippen molar-refractivity contribution in [2.75, 3.05) is 5.43 Å². The van der Waals surface area contributed by atoms with Crippen LogP contribution in [0.3, 0.4) is 0 Å². The highest BCUT2D eigenvalue weighted by atomic mass is 35.5. The van der Waals surface area contributed by atoms with E-state index in [1.54, 1.807) is 18.2 Å². The van der Waals surface area contributed by atoms with E-state index in [9.17, 15) is 18.0 Å². The minimum atomic E-state index is -4.82. The molecule has 8 heteroatoms. The van der Waals surface area contributed by atoms with Gasteiger partial charge in [-0.05, 0) is 43.9 Å². The molecule has 1 aliphatic carbocycles. The molecule has 3 rings (SSSR count). The molecule has 0 saturated heterocycles. The molecule has 0 spiro atoms. The number of hydrogen-bond acceptors (Lipinski definition) is 2. The largest absolute Gasteiger partial charge is 0.407 e. The summed E-state index contributed by atoms with van der Waals surface area (Å²) >= 11 is 5.98. The molecule has 140 valence electrons.